The molecule has 0 atom stereocenters. The minimum absolute atomic E-state index is 0.610. The summed E-state index contributed by atoms with van der Waals surface area (Å²) in [7, 11) is 2.04. The van der Waals surface area contributed by atoms with E-state index in [0.717, 1.165) is 19.0 Å². The zero-order valence-electron chi connectivity index (χ0n) is 11.4. The van der Waals surface area contributed by atoms with Crippen molar-refractivity contribution in [1.82, 2.24) is 15.2 Å². The maximum absolute atomic E-state index is 4.64. The third-order valence-corrected chi connectivity index (χ3v) is 3.35. The van der Waals surface area contributed by atoms with Gasteiger partial charge in [0.15, 0.2) is 5.96 Å². The average molecular weight is 248 g/mol. The Morgan fingerprint density at radius 2 is 2.22 bits per heavy atom. The monoisotopic (exact) mass is 248 g/mol. The van der Waals surface area contributed by atoms with Crippen LogP contribution in [-0.2, 0) is 13.6 Å². The Bertz CT molecular complexity index is 388. The Hall–Kier alpha value is -1.45. The summed E-state index contributed by atoms with van der Waals surface area (Å²) in [6, 6.07) is 2.72. The molecule has 1 heterocycles. The zero-order chi connectivity index (χ0) is 12.8. The molecule has 0 amide bonds. The summed E-state index contributed by atoms with van der Waals surface area (Å²) in [5, 5.41) is 6.84. The molecule has 1 fully saturated rings. The first kappa shape index (κ1) is 13.0. The van der Waals surface area contributed by atoms with Crippen LogP contribution in [0.25, 0.3) is 0 Å². The molecule has 0 saturated heterocycles. The number of aliphatic imine (C=N–C) groups is 1. The number of rotatable bonds is 4. The summed E-state index contributed by atoms with van der Waals surface area (Å²) < 4.78 is 2.06. The normalized spacial score (nSPS) is 17.1. The first-order chi connectivity index (χ1) is 8.78. The highest BCUT2D eigenvalue weighted by atomic mass is 15.2. The van der Waals surface area contributed by atoms with Crippen LogP contribution in [0.1, 0.15) is 38.2 Å². The van der Waals surface area contributed by atoms with Crippen LogP contribution in [0.4, 0.5) is 0 Å². The molecule has 1 aliphatic rings. The molecule has 4 heteroatoms. The fourth-order valence-corrected chi connectivity index (χ4v) is 2.41. The van der Waals surface area contributed by atoms with Crippen LogP contribution >= 0.6 is 0 Å². The first-order valence-corrected chi connectivity index (χ1v) is 6.93. The van der Waals surface area contributed by atoms with Gasteiger partial charge in [-0.15, -0.1) is 0 Å². The first-order valence-electron chi connectivity index (χ1n) is 6.93. The van der Waals surface area contributed by atoms with Crippen LogP contribution in [0.3, 0.4) is 0 Å². The van der Waals surface area contributed by atoms with Crippen molar-refractivity contribution < 1.29 is 0 Å². The molecule has 100 valence electrons. The third-order valence-electron chi connectivity index (χ3n) is 3.35. The van der Waals surface area contributed by atoms with Gasteiger partial charge in [0, 0.05) is 32.0 Å². The summed E-state index contributed by atoms with van der Waals surface area (Å²) in [6.45, 7) is 3.75. The molecule has 0 aliphatic heterocycles. The fraction of sp³-hybridized carbons (Fsp3) is 0.643. The van der Waals surface area contributed by atoms with Gasteiger partial charge < -0.3 is 15.2 Å². The highest BCUT2D eigenvalue weighted by molar-refractivity contribution is 5.80. The number of aromatic nitrogens is 1. The van der Waals surface area contributed by atoms with E-state index in [4.69, 9.17) is 0 Å². The molecule has 4 nitrogen and oxygen atoms in total. The lowest BCUT2D eigenvalue weighted by molar-refractivity contribution is 0.614. The molecule has 1 aromatic rings. The third kappa shape index (κ3) is 3.79. The van der Waals surface area contributed by atoms with E-state index in [1.807, 2.05) is 7.05 Å². The van der Waals surface area contributed by atoms with Gasteiger partial charge >= 0.3 is 0 Å². The quantitative estimate of drug-likeness (QED) is 0.632. The number of aryl methyl sites for hydroxylation is 1. The van der Waals surface area contributed by atoms with E-state index in [-0.39, 0.29) is 0 Å². The lowest BCUT2D eigenvalue weighted by atomic mass is 10.2. The second kappa shape index (κ2) is 6.47. The predicted molar refractivity (Wildman–Crippen MR) is 75.6 cm³/mol. The van der Waals surface area contributed by atoms with Crippen molar-refractivity contribution in [1.29, 1.82) is 0 Å². The fourth-order valence-electron chi connectivity index (χ4n) is 2.41. The number of hydrogen-bond donors (Lipinski definition) is 2. The molecular formula is C14H24N4. The smallest absolute Gasteiger partial charge is 0.191 e. The van der Waals surface area contributed by atoms with Gasteiger partial charge in [-0.25, -0.2) is 4.99 Å². The van der Waals surface area contributed by atoms with E-state index < -0.39 is 0 Å². The van der Waals surface area contributed by atoms with E-state index in [2.05, 4.69) is 45.6 Å². The van der Waals surface area contributed by atoms with Gasteiger partial charge in [0.05, 0.1) is 6.54 Å². The maximum atomic E-state index is 4.64. The molecule has 0 spiro atoms. The summed E-state index contributed by atoms with van der Waals surface area (Å²) in [6.07, 6.45) is 9.40. The number of nitrogens with zero attached hydrogens (tertiary/aromatic N) is 2. The molecule has 0 unspecified atom stereocenters. The molecule has 1 aliphatic carbocycles. The Morgan fingerprint density at radius 1 is 1.44 bits per heavy atom. The number of nitrogens with one attached hydrogen (secondary N) is 2. The SMILES string of the molecule is CCNC(=NCc1ccn(C)c1)NC1CCCC1. The summed E-state index contributed by atoms with van der Waals surface area (Å²) >= 11 is 0. The van der Waals surface area contributed by atoms with Crippen LogP contribution < -0.4 is 10.6 Å². The second-order valence-corrected chi connectivity index (χ2v) is 5.01. The van der Waals surface area contributed by atoms with Crippen molar-refractivity contribution in [2.75, 3.05) is 6.54 Å². The van der Waals surface area contributed by atoms with Crippen LogP contribution in [0.15, 0.2) is 23.5 Å². The zero-order valence-corrected chi connectivity index (χ0v) is 11.4. The minimum Gasteiger partial charge on any atom is -0.357 e. The van der Waals surface area contributed by atoms with Gasteiger partial charge in [-0.05, 0) is 31.4 Å². The second-order valence-electron chi connectivity index (χ2n) is 5.01. The molecule has 18 heavy (non-hydrogen) atoms. The van der Waals surface area contributed by atoms with Crippen molar-refractivity contribution in [2.45, 2.75) is 45.2 Å². The Morgan fingerprint density at radius 3 is 2.83 bits per heavy atom. The van der Waals surface area contributed by atoms with Crippen molar-refractivity contribution in [3.05, 3.63) is 24.0 Å². The van der Waals surface area contributed by atoms with E-state index in [1.165, 1.54) is 31.2 Å². The lowest BCUT2D eigenvalue weighted by Crippen LogP contribution is -2.42. The molecule has 0 aromatic carbocycles. The molecule has 1 saturated carbocycles. The molecule has 2 rings (SSSR count). The topological polar surface area (TPSA) is 41.4 Å². The standard InChI is InChI=1S/C14H24N4/c1-3-15-14(17-13-6-4-5-7-13)16-10-12-8-9-18(2)11-12/h8-9,11,13H,3-7,10H2,1-2H3,(H2,15,16,17). The van der Waals surface area contributed by atoms with Crippen LogP contribution in [0.5, 0.6) is 0 Å². The van der Waals surface area contributed by atoms with Crippen LogP contribution in [0.2, 0.25) is 0 Å². The molecule has 0 radical (unpaired) electrons. The lowest BCUT2D eigenvalue weighted by Gasteiger charge is -2.16. The Labute approximate surface area is 109 Å². The van der Waals surface area contributed by atoms with Gasteiger partial charge in [-0.1, -0.05) is 12.8 Å². The van der Waals surface area contributed by atoms with E-state index >= 15 is 0 Å². The van der Waals surface area contributed by atoms with Crippen molar-refractivity contribution in [2.24, 2.45) is 12.0 Å². The molecular weight excluding hydrogens is 224 g/mol. The average Bonchev–Trinajstić information content (AvgIpc) is 2.98. The number of hydrogen-bond acceptors (Lipinski definition) is 1. The van der Waals surface area contributed by atoms with Crippen LogP contribution in [0, 0.1) is 0 Å². The Kier molecular flexibility index (Phi) is 4.67. The van der Waals surface area contributed by atoms with Gasteiger partial charge in [0.2, 0.25) is 0 Å². The highest BCUT2D eigenvalue weighted by Gasteiger charge is 2.15. The van der Waals surface area contributed by atoms with Gasteiger partial charge in [0.25, 0.3) is 0 Å². The van der Waals surface area contributed by atoms with Gasteiger partial charge in [-0.2, -0.15) is 0 Å². The maximum Gasteiger partial charge on any atom is 0.191 e. The number of guanidine groups is 1. The Balaban J connectivity index is 1.90. The molecule has 1 aromatic heterocycles. The summed E-state index contributed by atoms with van der Waals surface area (Å²) in [4.78, 5) is 4.64. The molecule has 2 N–H and O–H groups in total. The molecule has 0 bridgehead atoms. The largest absolute Gasteiger partial charge is 0.357 e. The highest BCUT2D eigenvalue weighted by Crippen LogP contribution is 2.17. The van der Waals surface area contributed by atoms with Crippen molar-refractivity contribution in [3.63, 3.8) is 0 Å². The summed E-state index contributed by atoms with van der Waals surface area (Å²) in [5.41, 5.74) is 1.25. The van der Waals surface area contributed by atoms with Gasteiger partial charge in [-0.3, -0.25) is 0 Å². The van der Waals surface area contributed by atoms with E-state index in [1.54, 1.807) is 0 Å². The van der Waals surface area contributed by atoms with Gasteiger partial charge in [0.1, 0.15) is 0 Å². The minimum atomic E-state index is 0.610. The van der Waals surface area contributed by atoms with E-state index in [0.29, 0.717) is 6.04 Å². The van der Waals surface area contributed by atoms with Crippen molar-refractivity contribution in [3.8, 4) is 0 Å². The predicted octanol–water partition coefficient (Wildman–Crippen LogP) is 2.02. The van der Waals surface area contributed by atoms with Crippen molar-refractivity contribution >= 4 is 5.96 Å². The summed E-state index contributed by atoms with van der Waals surface area (Å²) in [5.74, 6) is 0.952. The van der Waals surface area contributed by atoms with Crippen LogP contribution in [-0.4, -0.2) is 23.1 Å². The van der Waals surface area contributed by atoms with E-state index in [9.17, 15) is 0 Å².